The fraction of sp³-hybridized carbons (Fsp3) is 0.411. The van der Waals surface area contributed by atoms with E-state index in [2.05, 4.69) is 44.0 Å². The normalized spacial score (nSPS) is 15.5. The van der Waals surface area contributed by atoms with Crippen molar-refractivity contribution < 1.29 is 42.6 Å². The van der Waals surface area contributed by atoms with Gasteiger partial charge >= 0.3 is 5.97 Å². The van der Waals surface area contributed by atoms with E-state index in [9.17, 15) is 28.4 Å². The third kappa shape index (κ3) is 11.9. The average molecular weight is 1050 g/mol. The summed E-state index contributed by atoms with van der Waals surface area (Å²) in [6.45, 7) is 17.3. The van der Waals surface area contributed by atoms with E-state index in [4.69, 9.17) is 30.9 Å². The van der Waals surface area contributed by atoms with Gasteiger partial charge in [-0.3, -0.25) is 29.3 Å². The summed E-state index contributed by atoms with van der Waals surface area (Å²) < 4.78 is 37.2. The van der Waals surface area contributed by atoms with E-state index in [1.807, 2.05) is 69.8 Å². The molecule has 1 atom stereocenters. The Morgan fingerprint density at radius 1 is 0.947 bits per heavy atom. The number of nitrogens with zero attached hydrogens (tertiary/aromatic N) is 7. The predicted octanol–water partition coefficient (Wildman–Crippen LogP) is 7.91. The van der Waals surface area contributed by atoms with Gasteiger partial charge in [0, 0.05) is 86.4 Å². The predicted molar refractivity (Wildman–Crippen MR) is 286 cm³/mol. The minimum atomic E-state index is -0.792. The molecule has 4 aromatic carbocycles. The van der Waals surface area contributed by atoms with E-state index >= 15 is 0 Å². The molecule has 7 aromatic rings. The van der Waals surface area contributed by atoms with Crippen molar-refractivity contribution in [1.29, 1.82) is 0 Å². The largest absolute Gasteiger partial charge is 0.497 e. The Kier molecular flexibility index (Phi) is 16.4. The second kappa shape index (κ2) is 22.8. The van der Waals surface area contributed by atoms with Gasteiger partial charge in [-0.2, -0.15) is 5.10 Å². The second-order valence-electron chi connectivity index (χ2n) is 20.1. The number of imidazole rings is 1. The summed E-state index contributed by atoms with van der Waals surface area (Å²) in [5, 5.41) is 12.8. The highest BCUT2D eigenvalue weighted by atomic mass is 35.5. The number of esters is 1. The number of amides is 3. The van der Waals surface area contributed by atoms with E-state index < -0.39 is 23.5 Å². The Bertz CT molecular complexity index is 3330. The van der Waals surface area contributed by atoms with Crippen molar-refractivity contribution in [2.75, 3.05) is 53.5 Å². The van der Waals surface area contributed by atoms with Crippen LogP contribution in [0, 0.1) is 26.6 Å². The standard InChI is InChI=1S/C39H47ClFN5O3.C17H18N4O5/c1-25-34(26(2)44(7)42-25)35-32(40)16-15-31-30(11-9-23-48-33-12-8-10-27-24-28(41)13-14-29(27)33)37(38(47)49-39(3,4)5)46(36(31)35)22-21-45-19-17-43(6)18-20-45;1-9-18-15-11(7-10(26-2)8-13(15)21(9)5-6-22)16(24)19-12-3-4-14(23)20-17(12)25/h8,10,12-16,24H,9,11,17-23H2,1-7H3;6-8,12H,3-5H2,1-2H3,(H,19,24)(H,20,23,25). The lowest BCUT2D eigenvalue weighted by molar-refractivity contribution is -0.134. The number of ether oxygens (including phenoxy) is 3. The Labute approximate surface area is 440 Å². The smallest absolute Gasteiger partial charge is 0.355 e. The first-order chi connectivity index (χ1) is 35.8. The topological polar surface area (TPSA) is 184 Å². The molecule has 2 aliphatic rings. The lowest BCUT2D eigenvalue weighted by Gasteiger charge is -2.32. The minimum absolute atomic E-state index is 0.101. The van der Waals surface area contributed by atoms with Gasteiger partial charge in [-0.1, -0.05) is 29.8 Å². The molecule has 0 bridgehead atoms. The Morgan fingerprint density at radius 2 is 1.69 bits per heavy atom. The van der Waals surface area contributed by atoms with Crippen LogP contribution >= 0.6 is 11.6 Å². The molecule has 0 saturated carbocycles. The molecule has 19 heteroatoms. The molecule has 2 N–H and O–H groups in total. The van der Waals surface area contributed by atoms with Crippen LogP contribution in [0.4, 0.5) is 4.39 Å². The molecule has 9 rings (SSSR count). The number of methoxy groups -OCH3 is 1. The van der Waals surface area contributed by atoms with E-state index in [1.165, 1.54) is 25.3 Å². The van der Waals surface area contributed by atoms with Gasteiger partial charge in [0.15, 0.2) is 0 Å². The van der Waals surface area contributed by atoms with E-state index in [-0.39, 0.29) is 42.6 Å². The molecule has 75 heavy (non-hydrogen) atoms. The van der Waals surface area contributed by atoms with Crippen LogP contribution in [0.1, 0.15) is 83.7 Å². The first kappa shape index (κ1) is 54.1. The first-order valence-corrected chi connectivity index (χ1v) is 25.6. The second-order valence-corrected chi connectivity index (χ2v) is 20.6. The van der Waals surface area contributed by atoms with Crippen LogP contribution in [-0.2, 0) is 45.7 Å². The quantitative estimate of drug-likeness (QED) is 0.0439. The molecule has 0 radical (unpaired) electrons. The van der Waals surface area contributed by atoms with Gasteiger partial charge in [-0.25, -0.2) is 14.2 Å². The van der Waals surface area contributed by atoms with Crippen LogP contribution in [0.25, 0.3) is 43.8 Å². The number of aldehydes is 1. The third-order valence-electron chi connectivity index (χ3n) is 13.8. The van der Waals surface area contributed by atoms with Crippen molar-refractivity contribution in [2.45, 2.75) is 92.0 Å². The zero-order valence-corrected chi connectivity index (χ0v) is 44.8. The van der Waals surface area contributed by atoms with Crippen molar-refractivity contribution in [2.24, 2.45) is 7.05 Å². The number of likely N-dealkylation sites (N-methyl/N-ethyl adjacent to an activating group) is 1. The first-order valence-electron chi connectivity index (χ1n) is 25.2. The minimum Gasteiger partial charge on any atom is -0.497 e. The number of nitrogens with one attached hydrogen (secondary N) is 2. The van der Waals surface area contributed by atoms with Gasteiger partial charge < -0.3 is 38.4 Å². The monoisotopic (exact) mass is 1050 g/mol. The summed E-state index contributed by atoms with van der Waals surface area (Å²) >= 11 is 7.10. The highest BCUT2D eigenvalue weighted by Gasteiger charge is 2.32. The maximum atomic E-state index is 14.3. The number of hydrogen-bond donors (Lipinski definition) is 2. The number of aromatic nitrogens is 5. The summed E-state index contributed by atoms with van der Waals surface area (Å²) in [5.41, 5.74) is 6.70. The lowest BCUT2D eigenvalue weighted by atomic mass is 9.98. The number of aryl methyl sites for hydroxylation is 4. The number of carbonyl (C=O) groups excluding carboxylic acids is 5. The third-order valence-corrected chi connectivity index (χ3v) is 14.1. The number of piperazine rings is 1. The molecule has 1 unspecified atom stereocenters. The van der Waals surface area contributed by atoms with Gasteiger partial charge in [0.2, 0.25) is 11.8 Å². The molecule has 2 fully saturated rings. The average Bonchev–Trinajstić information content (AvgIpc) is 3.95. The van der Waals surface area contributed by atoms with Crippen LogP contribution in [0.2, 0.25) is 5.02 Å². The molecule has 5 heterocycles. The number of piperidine rings is 1. The molecule has 0 aliphatic carbocycles. The van der Waals surface area contributed by atoms with Gasteiger partial charge in [0.05, 0.1) is 47.6 Å². The molecule has 0 spiro atoms. The van der Waals surface area contributed by atoms with E-state index in [0.29, 0.717) is 65.1 Å². The van der Waals surface area contributed by atoms with Crippen molar-refractivity contribution in [3.63, 3.8) is 0 Å². The molecule has 3 amide bonds. The van der Waals surface area contributed by atoms with Crippen LogP contribution in [0.15, 0.2) is 60.7 Å². The summed E-state index contributed by atoms with van der Waals surface area (Å²) in [7, 11) is 5.56. The van der Waals surface area contributed by atoms with Gasteiger partial charge in [0.1, 0.15) is 52.3 Å². The Balaban J connectivity index is 0.000000241. The summed E-state index contributed by atoms with van der Waals surface area (Å²) in [5.74, 6) is -0.303. The summed E-state index contributed by atoms with van der Waals surface area (Å²) in [6, 6.07) is 16.8. The molecule has 3 aromatic heterocycles. The van der Waals surface area contributed by atoms with Gasteiger partial charge in [-0.05, 0) is 115 Å². The van der Waals surface area contributed by atoms with E-state index in [0.717, 1.165) is 88.8 Å². The van der Waals surface area contributed by atoms with Crippen molar-refractivity contribution in [3.8, 4) is 22.6 Å². The number of carbonyl (C=O) groups is 5. The maximum Gasteiger partial charge on any atom is 0.355 e. The number of fused-ring (bicyclic) bond motifs is 3. The summed E-state index contributed by atoms with van der Waals surface area (Å²) in [6.07, 6.45) is 2.38. The highest BCUT2D eigenvalue weighted by Crippen LogP contribution is 2.43. The van der Waals surface area contributed by atoms with E-state index in [1.54, 1.807) is 23.6 Å². The maximum absolute atomic E-state index is 14.3. The lowest BCUT2D eigenvalue weighted by Crippen LogP contribution is -2.52. The van der Waals surface area contributed by atoms with Crippen LogP contribution in [-0.4, -0.2) is 129 Å². The molecule has 396 valence electrons. The number of benzene rings is 4. The molecular formula is C56H65ClFN9O8. The molecular weight excluding hydrogens is 981 g/mol. The van der Waals surface area contributed by atoms with Gasteiger partial charge in [-0.15, -0.1) is 0 Å². The molecule has 2 aliphatic heterocycles. The SMILES string of the molecule is COc1cc(C(=O)NC2CCC(=O)NC2=O)c2nc(C)n(CC=O)c2c1.Cc1nn(C)c(C)c1-c1c(Cl)ccc2c(CCCOc3cccc4cc(F)ccc34)c(C(=O)OC(C)(C)C)n(CCN3CCN(C)CC3)c12. The highest BCUT2D eigenvalue weighted by molar-refractivity contribution is 6.35. The zero-order valence-electron chi connectivity index (χ0n) is 44.1. The van der Waals surface area contributed by atoms with Crippen molar-refractivity contribution in [3.05, 3.63) is 106 Å². The van der Waals surface area contributed by atoms with Crippen LogP contribution < -0.4 is 20.1 Å². The molecule has 17 nitrogen and oxygen atoms in total. The number of hydrogen-bond acceptors (Lipinski definition) is 12. The van der Waals surface area contributed by atoms with Crippen molar-refractivity contribution in [1.82, 2.24) is 44.3 Å². The number of rotatable bonds is 15. The van der Waals surface area contributed by atoms with Gasteiger partial charge in [0.25, 0.3) is 5.91 Å². The van der Waals surface area contributed by atoms with Crippen LogP contribution in [0.5, 0.6) is 11.5 Å². The number of halogens is 2. The van der Waals surface area contributed by atoms with Crippen molar-refractivity contribution >= 4 is 74.3 Å². The fourth-order valence-electron chi connectivity index (χ4n) is 9.97. The Hall–Kier alpha value is -7.15. The van der Waals surface area contributed by atoms with Crippen LogP contribution in [0.3, 0.4) is 0 Å². The number of imide groups is 1. The summed E-state index contributed by atoms with van der Waals surface area (Å²) in [4.78, 5) is 70.3. The Morgan fingerprint density at radius 3 is 2.37 bits per heavy atom. The zero-order chi connectivity index (χ0) is 53.9. The molecule has 2 saturated heterocycles. The fourth-order valence-corrected chi connectivity index (χ4v) is 10.2.